The fraction of sp³-hybridized carbons (Fsp3) is 0.400. The van der Waals surface area contributed by atoms with Gasteiger partial charge in [0.1, 0.15) is 23.0 Å². The Bertz CT molecular complexity index is 1600. The second-order valence-corrected chi connectivity index (χ2v) is 31.0. The molecule has 1 aliphatic carbocycles. The molecule has 4 aromatic rings. The average Bonchev–Trinajstić information content (AvgIpc) is 3.02. The van der Waals surface area contributed by atoms with E-state index < -0.39 is 33.3 Å². The van der Waals surface area contributed by atoms with E-state index in [4.69, 9.17) is 18.9 Å². The number of rotatable bonds is 8. The van der Waals surface area contributed by atoms with E-state index in [9.17, 15) is 19.2 Å². The lowest BCUT2D eigenvalue weighted by Gasteiger charge is -2.26. The van der Waals surface area contributed by atoms with Crippen molar-refractivity contribution in [2.24, 2.45) is 0 Å². The Labute approximate surface area is 313 Å². The van der Waals surface area contributed by atoms with Gasteiger partial charge in [-0.25, -0.2) is 0 Å². The van der Waals surface area contributed by atoms with Gasteiger partial charge in [-0.05, 0) is 118 Å². The van der Waals surface area contributed by atoms with Crippen LogP contribution in [0.4, 0.5) is 0 Å². The van der Waals surface area contributed by atoms with Crippen LogP contribution in [0.3, 0.4) is 0 Å². The topological polar surface area (TPSA) is 118 Å². The van der Waals surface area contributed by atoms with Gasteiger partial charge in [0, 0.05) is 25.7 Å². The van der Waals surface area contributed by atoms with Crippen molar-refractivity contribution in [3.05, 3.63) is 93.0 Å². The SMILES string of the molecule is COc1c2cc([Si](C)(C)O)cc1Cc1cc([Si](C)(C)O)cc(c1OC)Cc1cc([Si](C)(C)O)cc(c1OC)Cc1cc([Si](C)(C)O)cc(c1OC)C2. The molecule has 280 valence electrons. The molecule has 5 rings (SSSR count). The maximum absolute atomic E-state index is 11.5. The van der Waals surface area contributed by atoms with Crippen LogP contribution in [0.2, 0.25) is 52.4 Å². The summed E-state index contributed by atoms with van der Waals surface area (Å²) >= 11 is 0. The van der Waals surface area contributed by atoms with Crippen LogP contribution in [0.1, 0.15) is 44.5 Å². The Balaban J connectivity index is 1.97. The van der Waals surface area contributed by atoms with Crippen molar-refractivity contribution in [2.75, 3.05) is 28.4 Å². The molecule has 0 unspecified atom stereocenters. The number of ether oxygens (including phenoxy) is 4. The largest absolute Gasteiger partial charge is 0.496 e. The molecule has 1 aliphatic rings. The highest BCUT2D eigenvalue weighted by atomic mass is 28.4. The van der Waals surface area contributed by atoms with Crippen LogP contribution in [0.15, 0.2) is 48.5 Å². The van der Waals surface area contributed by atoms with Gasteiger partial charge < -0.3 is 38.1 Å². The summed E-state index contributed by atoms with van der Waals surface area (Å²) in [5, 5.41) is 3.51. The molecular weight excluding hydrogens is 721 g/mol. The van der Waals surface area contributed by atoms with E-state index >= 15 is 0 Å². The molecule has 0 radical (unpaired) electrons. The fourth-order valence-corrected chi connectivity index (χ4v) is 11.6. The molecule has 0 saturated carbocycles. The van der Waals surface area contributed by atoms with Gasteiger partial charge in [-0.1, -0.05) is 48.5 Å². The molecule has 0 saturated heterocycles. The normalized spacial score (nSPS) is 13.8. The molecule has 0 aliphatic heterocycles. The van der Waals surface area contributed by atoms with E-state index in [0.717, 1.165) is 65.3 Å². The first-order valence-corrected chi connectivity index (χ1v) is 29.6. The van der Waals surface area contributed by atoms with E-state index in [1.54, 1.807) is 28.4 Å². The number of benzene rings is 4. The van der Waals surface area contributed by atoms with Crippen molar-refractivity contribution in [3.63, 3.8) is 0 Å². The first kappa shape index (κ1) is 40.0. The van der Waals surface area contributed by atoms with Gasteiger partial charge in [-0.2, -0.15) is 0 Å². The summed E-state index contributed by atoms with van der Waals surface area (Å²) in [6.07, 6.45) is 1.73. The summed E-state index contributed by atoms with van der Waals surface area (Å²) in [5.41, 5.74) is 7.20. The van der Waals surface area contributed by atoms with Gasteiger partial charge in [0.25, 0.3) is 0 Å². The predicted molar refractivity (Wildman–Crippen MR) is 221 cm³/mol. The number of methoxy groups -OCH3 is 4. The number of hydrogen-bond donors (Lipinski definition) is 4. The van der Waals surface area contributed by atoms with Gasteiger partial charge in [0.05, 0.1) is 28.4 Å². The van der Waals surface area contributed by atoms with Crippen molar-refractivity contribution in [1.82, 2.24) is 0 Å². The standard InChI is InChI=1S/C40H56O8Si4/c1-45-37-25-13-27-19-34(50(7,8)42)21-29(38(27)46-2)15-31-23-36(52(11,12)44)24-32(40(31)48-4)16-30-22-35(51(9,10)43)20-28(39(30)47-3)14-26(37)18-33(17-25)49(5,6)41/h17-24,41-44H,13-16H2,1-12H3. The summed E-state index contributed by atoms with van der Waals surface area (Å²) in [6.45, 7) is 15.3. The van der Waals surface area contributed by atoms with Gasteiger partial charge in [0.2, 0.25) is 33.3 Å². The molecule has 4 N–H and O–H groups in total. The van der Waals surface area contributed by atoms with Gasteiger partial charge in [0.15, 0.2) is 0 Å². The first-order chi connectivity index (χ1) is 24.1. The van der Waals surface area contributed by atoms with E-state index in [-0.39, 0.29) is 0 Å². The minimum Gasteiger partial charge on any atom is -0.496 e. The van der Waals surface area contributed by atoms with Crippen molar-refractivity contribution in [1.29, 1.82) is 0 Å². The second-order valence-electron chi connectivity index (χ2n) is 16.3. The third-order valence-corrected chi connectivity index (χ3v) is 16.9. The second kappa shape index (κ2) is 14.6. The predicted octanol–water partition coefficient (Wildman–Crippen LogP) is 4.02. The Hall–Kier alpha value is -3.21. The molecular formula is C40H56O8Si4. The highest BCUT2D eigenvalue weighted by Crippen LogP contribution is 2.38. The maximum atomic E-state index is 11.5. The van der Waals surface area contributed by atoms with Crippen molar-refractivity contribution in [2.45, 2.75) is 78.1 Å². The van der Waals surface area contributed by atoms with Crippen LogP contribution < -0.4 is 39.7 Å². The average molecular weight is 777 g/mol. The van der Waals surface area contributed by atoms with Gasteiger partial charge in [-0.15, -0.1) is 0 Å². The van der Waals surface area contributed by atoms with Crippen molar-refractivity contribution >= 4 is 54.0 Å². The Morgan fingerprint density at radius 1 is 0.327 bits per heavy atom. The summed E-state index contributed by atoms with van der Waals surface area (Å²) in [5.74, 6) is 2.85. The first-order valence-electron chi connectivity index (χ1n) is 17.8. The van der Waals surface area contributed by atoms with Crippen LogP contribution in [0.25, 0.3) is 0 Å². The quantitative estimate of drug-likeness (QED) is 0.175. The minimum atomic E-state index is -2.81. The van der Waals surface area contributed by atoms with Crippen LogP contribution in [0.5, 0.6) is 23.0 Å². The third kappa shape index (κ3) is 8.29. The molecule has 0 atom stereocenters. The molecule has 12 heteroatoms. The summed E-state index contributed by atoms with van der Waals surface area (Å²) in [4.78, 5) is 46.0. The summed E-state index contributed by atoms with van der Waals surface area (Å²) in [6, 6.07) is 16.4. The van der Waals surface area contributed by atoms with Crippen molar-refractivity contribution in [3.8, 4) is 23.0 Å². The molecule has 0 amide bonds. The smallest absolute Gasteiger partial charge is 0.213 e. The molecule has 4 aromatic carbocycles. The van der Waals surface area contributed by atoms with Crippen LogP contribution in [-0.4, -0.2) is 80.9 Å². The molecule has 0 heterocycles. The van der Waals surface area contributed by atoms with Gasteiger partial charge >= 0.3 is 0 Å². The Morgan fingerprint density at radius 3 is 0.558 bits per heavy atom. The zero-order chi connectivity index (χ0) is 38.6. The molecule has 0 aromatic heterocycles. The lowest BCUT2D eigenvalue weighted by molar-refractivity contribution is 0.396. The van der Waals surface area contributed by atoms with E-state index in [2.05, 4.69) is 48.5 Å². The molecule has 52 heavy (non-hydrogen) atoms. The molecule has 8 bridgehead atoms. The van der Waals surface area contributed by atoms with Gasteiger partial charge in [-0.3, -0.25) is 0 Å². The highest BCUT2D eigenvalue weighted by Gasteiger charge is 2.31. The van der Waals surface area contributed by atoms with E-state index in [1.807, 2.05) is 52.4 Å². The molecule has 8 nitrogen and oxygen atoms in total. The Kier molecular flexibility index (Phi) is 11.2. The van der Waals surface area contributed by atoms with Crippen molar-refractivity contribution < 1.29 is 38.1 Å². The highest BCUT2D eigenvalue weighted by molar-refractivity contribution is 6.84. The Morgan fingerprint density at radius 2 is 0.462 bits per heavy atom. The summed E-state index contributed by atoms with van der Waals surface area (Å²) < 4.78 is 24.9. The zero-order valence-corrected chi connectivity index (χ0v) is 36.9. The lowest BCUT2D eigenvalue weighted by atomic mass is 9.91. The fourth-order valence-electron chi connectivity index (χ4n) is 7.35. The lowest BCUT2D eigenvalue weighted by Crippen LogP contribution is -2.43. The zero-order valence-electron chi connectivity index (χ0n) is 32.9. The van der Waals surface area contributed by atoms with E-state index in [0.29, 0.717) is 48.7 Å². The number of fused-ring (bicyclic) bond motifs is 8. The van der Waals surface area contributed by atoms with E-state index in [1.165, 1.54) is 0 Å². The van der Waals surface area contributed by atoms with Crippen LogP contribution in [0, 0.1) is 0 Å². The molecule has 0 spiro atoms. The molecule has 0 fully saturated rings. The van der Waals surface area contributed by atoms with Crippen LogP contribution >= 0.6 is 0 Å². The van der Waals surface area contributed by atoms with Crippen LogP contribution in [-0.2, 0) is 25.7 Å². The maximum Gasteiger partial charge on any atom is 0.213 e. The number of hydrogen-bond acceptors (Lipinski definition) is 8. The summed E-state index contributed by atoms with van der Waals surface area (Å²) in [7, 11) is -4.53. The monoisotopic (exact) mass is 776 g/mol. The minimum absolute atomic E-state index is 0.432. The third-order valence-electron chi connectivity index (χ3n) is 10.1.